The van der Waals surface area contributed by atoms with Crippen LogP contribution in [0.5, 0.6) is 0 Å². The maximum absolute atomic E-state index is 12.9. The highest BCUT2D eigenvalue weighted by Gasteiger charge is 2.34. The summed E-state index contributed by atoms with van der Waals surface area (Å²) < 4.78 is 0. The lowest BCUT2D eigenvalue weighted by molar-refractivity contribution is -0.128. The third kappa shape index (κ3) is 4.87. The quantitative estimate of drug-likeness (QED) is 0.763. The number of amides is 2. The minimum absolute atomic E-state index is 0.0274. The molecule has 0 bridgehead atoms. The highest BCUT2D eigenvalue weighted by molar-refractivity contribution is 5.98. The van der Waals surface area contributed by atoms with Crippen molar-refractivity contribution in [2.75, 3.05) is 18.4 Å². The van der Waals surface area contributed by atoms with Gasteiger partial charge >= 0.3 is 0 Å². The zero-order valence-electron chi connectivity index (χ0n) is 17.1. The van der Waals surface area contributed by atoms with Gasteiger partial charge in [0.2, 0.25) is 11.8 Å². The molecule has 0 saturated carbocycles. The molecule has 1 aliphatic rings. The second-order valence-corrected chi connectivity index (χ2v) is 8.53. The van der Waals surface area contributed by atoms with Gasteiger partial charge in [0.05, 0.1) is 5.92 Å². The lowest BCUT2D eigenvalue weighted by atomic mass is 9.92. The second-order valence-electron chi connectivity index (χ2n) is 8.53. The van der Waals surface area contributed by atoms with E-state index in [1.807, 2.05) is 4.90 Å². The van der Waals surface area contributed by atoms with E-state index < -0.39 is 0 Å². The van der Waals surface area contributed by atoms with E-state index in [2.05, 4.69) is 65.1 Å². The standard InChI is InChI=1S/C22H34N2O2/c1-14(2)10-11-24-13-17(12-20(24)25)22(26)23-21-18(15(3)4)8-7-9-19(21)16(5)6/h7-9,14-17H,10-13H2,1-6H3,(H,23,26). The number of benzene rings is 1. The van der Waals surface area contributed by atoms with Crippen LogP contribution in [0.4, 0.5) is 5.69 Å². The number of carbonyl (C=O) groups excluding carboxylic acids is 2. The molecule has 0 aromatic heterocycles. The van der Waals surface area contributed by atoms with E-state index in [4.69, 9.17) is 0 Å². The number of carbonyl (C=O) groups is 2. The number of rotatable bonds is 7. The molecule has 1 unspecified atom stereocenters. The monoisotopic (exact) mass is 358 g/mol. The summed E-state index contributed by atoms with van der Waals surface area (Å²) in [7, 11) is 0. The van der Waals surface area contributed by atoms with Gasteiger partial charge in [0.15, 0.2) is 0 Å². The Bertz CT molecular complexity index is 623. The molecule has 1 aliphatic heterocycles. The Morgan fingerprint density at radius 2 is 1.69 bits per heavy atom. The molecule has 0 radical (unpaired) electrons. The molecule has 1 aromatic carbocycles. The van der Waals surface area contributed by atoms with Crippen molar-refractivity contribution >= 4 is 17.5 Å². The molecule has 0 spiro atoms. The van der Waals surface area contributed by atoms with E-state index in [1.54, 1.807) is 0 Å². The van der Waals surface area contributed by atoms with Crippen molar-refractivity contribution in [1.29, 1.82) is 0 Å². The topological polar surface area (TPSA) is 49.4 Å². The molecule has 1 fully saturated rings. The molecule has 2 rings (SSSR count). The fourth-order valence-electron chi connectivity index (χ4n) is 3.50. The van der Waals surface area contributed by atoms with Gasteiger partial charge in [-0.05, 0) is 35.3 Å². The van der Waals surface area contributed by atoms with Crippen LogP contribution in [0.15, 0.2) is 18.2 Å². The van der Waals surface area contributed by atoms with Gasteiger partial charge in [0.25, 0.3) is 0 Å². The molecule has 1 atom stereocenters. The Balaban J connectivity index is 2.14. The summed E-state index contributed by atoms with van der Waals surface area (Å²) in [5.74, 6) is 1.04. The highest BCUT2D eigenvalue weighted by Crippen LogP contribution is 2.33. The SMILES string of the molecule is CC(C)CCN1CC(C(=O)Nc2c(C(C)C)cccc2C(C)C)CC1=O. The minimum Gasteiger partial charge on any atom is -0.342 e. The third-order valence-corrected chi connectivity index (χ3v) is 5.18. The van der Waals surface area contributed by atoms with Crippen LogP contribution in [0.3, 0.4) is 0 Å². The average Bonchev–Trinajstić information content (AvgIpc) is 2.93. The summed E-state index contributed by atoms with van der Waals surface area (Å²) in [5, 5.41) is 3.17. The molecular formula is C22H34N2O2. The van der Waals surface area contributed by atoms with E-state index in [0.29, 0.717) is 30.7 Å². The molecular weight excluding hydrogens is 324 g/mol. The average molecular weight is 359 g/mol. The second kappa shape index (κ2) is 8.70. The number of para-hydroxylation sites is 1. The number of nitrogens with zero attached hydrogens (tertiary/aromatic N) is 1. The Labute approximate surface area is 158 Å². The predicted octanol–water partition coefficient (Wildman–Crippen LogP) is 4.77. The van der Waals surface area contributed by atoms with Crippen LogP contribution in [-0.4, -0.2) is 29.8 Å². The largest absolute Gasteiger partial charge is 0.342 e. The van der Waals surface area contributed by atoms with E-state index in [1.165, 1.54) is 0 Å². The zero-order valence-corrected chi connectivity index (χ0v) is 17.1. The minimum atomic E-state index is -0.255. The van der Waals surface area contributed by atoms with Crippen molar-refractivity contribution in [2.45, 2.75) is 66.2 Å². The first-order chi connectivity index (χ1) is 12.2. The molecule has 1 saturated heterocycles. The fraction of sp³-hybridized carbons (Fsp3) is 0.636. The van der Waals surface area contributed by atoms with E-state index >= 15 is 0 Å². The molecule has 1 aromatic rings. The first kappa shape index (κ1) is 20.5. The molecule has 26 heavy (non-hydrogen) atoms. The summed E-state index contributed by atoms with van der Waals surface area (Å²) in [6.07, 6.45) is 1.30. The summed E-state index contributed by atoms with van der Waals surface area (Å²) in [4.78, 5) is 27.0. The number of hydrogen-bond acceptors (Lipinski definition) is 2. The number of nitrogens with one attached hydrogen (secondary N) is 1. The molecule has 4 nitrogen and oxygen atoms in total. The zero-order chi connectivity index (χ0) is 19.4. The summed E-state index contributed by atoms with van der Waals surface area (Å²) in [6, 6.07) is 6.23. The predicted molar refractivity (Wildman–Crippen MR) is 107 cm³/mol. The fourth-order valence-corrected chi connectivity index (χ4v) is 3.50. The van der Waals surface area contributed by atoms with Crippen LogP contribution in [0.2, 0.25) is 0 Å². The maximum atomic E-state index is 12.9. The van der Waals surface area contributed by atoms with Crippen molar-refractivity contribution in [3.8, 4) is 0 Å². The summed E-state index contributed by atoms with van der Waals surface area (Å²) in [6.45, 7) is 14.2. The number of hydrogen-bond donors (Lipinski definition) is 1. The van der Waals surface area contributed by atoms with Crippen LogP contribution in [0, 0.1) is 11.8 Å². The van der Waals surface area contributed by atoms with E-state index in [9.17, 15) is 9.59 Å². The third-order valence-electron chi connectivity index (χ3n) is 5.18. The van der Waals surface area contributed by atoms with Crippen molar-refractivity contribution in [1.82, 2.24) is 4.90 Å². The molecule has 0 aliphatic carbocycles. The van der Waals surface area contributed by atoms with Crippen molar-refractivity contribution < 1.29 is 9.59 Å². The van der Waals surface area contributed by atoms with Crippen LogP contribution in [0.1, 0.15) is 77.3 Å². The Morgan fingerprint density at radius 3 is 2.19 bits per heavy atom. The van der Waals surface area contributed by atoms with Crippen LogP contribution in [-0.2, 0) is 9.59 Å². The van der Waals surface area contributed by atoms with Gasteiger partial charge in [0, 0.05) is 25.2 Å². The highest BCUT2D eigenvalue weighted by atomic mass is 16.2. The van der Waals surface area contributed by atoms with Crippen LogP contribution >= 0.6 is 0 Å². The maximum Gasteiger partial charge on any atom is 0.229 e. The normalized spacial score (nSPS) is 17.7. The van der Waals surface area contributed by atoms with E-state index in [-0.39, 0.29) is 17.7 Å². The molecule has 4 heteroatoms. The molecule has 2 amide bonds. The summed E-state index contributed by atoms with van der Waals surface area (Å²) >= 11 is 0. The van der Waals surface area contributed by atoms with Gasteiger partial charge in [-0.3, -0.25) is 9.59 Å². The lowest BCUT2D eigenvalue weighted by Gasteiger charge is -2.22. The Morgan fingerprint density at radius 1 is 1.12 bits per heavy atom. The lowest BCUT2D eigenvalue weighted by Crippen LogP contribution is -2.30. The van der Waals surface area contributed by atoms with Gasteiger partial charge in [0.1, 0.15) is 0 Å². The van der Waals surface area contributed by atoms with Crippen molar-refractivity contribution in [3.63, 3.8) is 0 Å². The van der Waals surface area contributed by atoms with Gasteiger partial charge in [-0.1, -0.05) is 59.7 Å². The summed E-state index contributed by atoms with van der Waals surface area (Å²) in [5.41, 5.74) is 3.26. The van der Waals surface area contributed by atoms with Gasteiger partial charge in [-0.2, -0.15) is 0 Å². The Hall–Kier alpha value is -1.84. The van der Waals surface area contributed by atoms with Crippen molar-refractivity contribution in [3.05, 3.63) is 29.3 Å². The van der Waals surface area contributed by atoms with Gasteiger partial charge < -0.3 is 10.2 Å². The molecule has 144 valence electrons. The first-order valence-electron chi connectivity index (χ1n) is 9.92. The molecule has 1 heterocycles. The Kier molecular flexibility index (Phi) is 6.85. The van der Waals surface area contributed by atoms with E-state index in [0.717, 1.165) is 29.8 Å². The smallest absolute Gasteiger partial charge is 0.229 e. The number of anilines is 1. The first-order valence-corrected chi connectivity index (χ1v) is 9.92. The van der Waals surface area contributed by atoms with Crippen LogP contribution < -0.4 is 5.32 Å². The van der Waals surface area contributed by atoms with Gasteiger partial charge in [-0.15, -0.1) is 0 Å². The van der Waals surface area contributed by atoms with Gasteiger partial charge in [-0.25, -0.2) is 0 Å². The number of likely N-dealkylation sites (tertiary alicyclic amines) is 1. The van der Waals surface area contributed by atoms with Crippen LogP contribution in [0.25, 0.3) is 0 Å². The molecule has 1 N–H and O–H groups in total. The van der Waals surface area contributed by atoms with Crippen molar-refractivity contribution in [2.24, 2.45) is 11.8 Å².